The van der Waals surface area contributed by atoms with Gasteiger partial charge in [-0.25, -0.2) is 0 Å². The second-order valence-electron chi connectivity index (χ2n) is 16.3. The predicted octanol–water partition coefficient (Wildman–Crippen LogP) is 14.6. The Morgan fingerprint density at radius 1 is 0.373 bits per heavy atom. The Kier molecular flexibility index (Phi) is 8.10. The van der Waals surface area contributed by atoms with E-state index in [0.29, 0.717) is 0 Å². The van der Waals surface area contributed by atoms with Crippen molar-refractivity contribution in [2.75, 3.05) is 4.90 Å². The van der Waals surface area contributed by atoms with Crippen LogP contribution in [-0.2, 0) is 10.8 Å². The first kappa shape index (κ1) is 34.9. The molecule has 59 heavy (non-hydrogen) atoms. The van der Waals surface area contributed by atoms with E-state index in [1.165, 1.54) is 66.8 Å². The zero-order valence-electron chi connectivity index (χ0n) is 33.2. The number of fused-ring (bicyclic) bond motifs is 10. The number of anilines is 3. The molecule has 2 aliphatic carbocycles. The fourth-order valence-corrected chi connectivity index (χ4v) is 9.88. The van der Waals surface area contributed by atoms with E-state index in [1.54, 1.807) is 0 Å². The fraction of sp³-hybridized carbons (Fsp3) is 0.0702. The predicted molar refractivity (Wildman–Crippen MR) is 245 cm³/mol. The highest BCUT2D eigenvalue weighted by molar-refractivity contribution is 5.96. The monoisotopic (exact) mass is 754 g/mol. The number of pyridine rings is 1. The Morgan fingerprint density at radius 3 is 1.47 bits per heavy atom. The van der Waals surface area contributed by atoms with Crippen LogP contribution in [0.15, 0.2) is 219 Å². The van der Waals surface area contributed by atoms with E-state index < -0.39 is 5.41 Å². The molecule has 0 radical (unpaired) electrons. The molecule has 11 rings (SSSR count). The maximum absolute atomic E-state index is 5.18. The first-order valence-corrected chi connectivity index (χ1v) is 20.5. The van der Waals surface area contributed by atoms with Crippen molar-refractivity contribution in [3.63, 3.8) is 0 Å². The van der Waals surface area contributed by atoms with Crippen molar-refractivity contribution in [1.29, 1.82) is 0 Å². The smallest absolute Gasteiger partial charge is 0.0726 e. The van der Waals surface area contributed by atoms with E-state index in [1.807, 2.05) is 6.20 Å². The summed E-state index contributed by atoms with van der Waals surface area (Å²) in [7, 11) is 0. The molecule has 1 spiro atoms. The van der Waals surface area contributed by atoms with Gasteiger partial charge in [0.05, 0.1) is 23.0 Å². The van der Waals surface area contributed by atoms with Crippen LogP contribution in [0.3, 0.4) is 0 Å². The van der Waals surface area contributed by atoms with Gasteiger partial charge in [0.15, 0.2) is 0 Å². The Morgan fingerprint density at radius 2 is 0.864 bits per heavy atom. The van der Waals surface area contributed by atoms with Crippen LogP contribution in [0.2, 0.25) is 0 Å². The molecular weight excluding hydrogens is 713 g/mol. The van der Waals surface area contributed by atoms with Crippen molar-refractivity contribution in [3.05, 3.63) is 252 Å². The van der Waals surface area contributed by atoms with Crippen molar-refractivity contribution in [2.45, 2.75) is 24.7 Å². The summed E-state index contributed by atoms with van der Waals surface area (Å²) in [6.45, 7) is 4.59. The van der Waals surface area contributed by atoms with E-state index in [4.69, 9.17) is 4.98 Å². The Labute approximate surface area is 346 Å². The molecular formula is C57H42N2. The summed E-state index contributed by atoms with van der Waals surface area (Å²) in [4.78, 5) is 7.54. The van der Waals surface area contributed by atoms with Gasteiger partial charge in [0.2, 0.25) is 0 Å². The topological polar surface area (TPSA) is 16.1 Å². The minimum Gasteiger partial charge on any atom is -0.309 e. The van der Waals surface area contributed by atoms with Gasteiger partial charge in [0.1, 0.15) is 0 Å². The summed E-state index contributed by atoms with van der Waals surface area (Å²) in [6, 6.07) is 77.6. The van der Waals surface area contributed by atoms with Gasteiger partial charge in [-0.2, -0.15) is 0 Å². The third kappa shape index (κ3) is 5.44. The van der Waals surface area contributed by atoms with Crippen molar-refractivity contribution in [1.82, 2.24) is 4.98 Å². The molecule has 0 amide bonds. The molecule has 0 bridgehead atoms. The van der Waals surface area contributed by atoms with E-state index >= 15 is 0 Å². The van der Waals surface area contributed by atoms with Crippen molar-refractivity contribution in [2.24, 2.45) is 0 Å². The molecule has 0 saturated carbocycles. The molecule has 280 valence electrons. The van der Waals surface area contributed by atoms with Crippen LogP contribution < -0.4 is 4.90 Å². The second-order valence-corrected chi connectivity index (χ2v) is 16.3. The standard InChI is InChI=1S/C57H42N2/c1-56(2,42-19-7-4-8-20-42)43-21-15-18-41(36-43)55-35-33-46(38-58-55)59(44-30-28-40(29-31-44)39-16-5-3-6-17-39)45-32-34-50-49-24-11-14-27-53(49)57(54(50)37-45)51-25-12-9-22-47(51)48-23-10-13-26-52(48)57/h3-38H,1-2H3. The summed E-state index contributed by atoms with van der Waals surface area (Å²) in [5.41, 5.74) is 20.1. The molecule has 0 N–H and O–H groups in total. The Bertz CT molecular complexity index is 2940. The molecule has 0 unspecified atom stereocenters. The van der Waals surface area contributed by atoms with Crippen LogP contribution in [0.5, 0.6) is 0 Å². The fourth-order valence-electron chi connectivity index (χ4n) is 9.88. The summed E-state index contributed by atoms with van der Waals surface area (Å²) in [5, 5.41) is 0. The minimum absolute atomic E-state index is 0.148. The number of hydrogen-bond acceptors (Lipinski definition) is 2. The quantitative estimate of drug-likeness (QED) is 0.161. The Hall–Kier alpha value is -7.29. The lowest BCUT2D eigenvalue weighted by molar-refractivity contribution is 0.641. The molecule has 1 aromatic heterocycles. The number of aromatic nitrogens is 1. The number of nitrogens with zero attached hydrogens (tertiary/aromatic N) is 2. The molecule has 0 fully saturated rings. The first-order valence-electron chi connectivity index (χ1n) is 20.5. The van der Waals surface area contributed by atoms with Gasteiger partial charge in [-0.1, -0.05) is 184 Å². The average Bonchev–Trinajstić information content (AvgIpc) is 3.77. The lowest BCUT2D eigenvalue weighted by Gasteiger charge is -2.32. The van der Waals surface area contributed by atoms with Crippen LogP contribution in [0, 0.1) is 0 Å². The SMILES string of the molecule is CC(C)(c1ccccc1)c1cccc(-c2ccc(N(c3ccc(-c4ccccc4)cc3)c3ccc4c(c3)C3(c5ccccc5-c5ccccc53)c3ccccc3-4)cn2)c1. The molecule has 8 aromatic carbocycles. The molecule has 0 saturated heterocycles. The maximum atomic E-state index is 5.18. The van der Waals surface area contributed by atoms with Crippen molar-refractivity contribution >= 4 is 17.1 Å². The van der Waals surface area contributed by atoms with Gasteiger partial charge >= 0.3 is 0 Å². The van der Waals surface area contributed by atoms with Crippen molar-refractivity contribution in [3.8, 4) is 44.6 Å². The zero-order valence-corrected chi connectivity index (χ0v) is 33.2. The number of hydrogen-bond donors (Lipinski definition) is 0. The first-order chi connectivity index (χ1) is 29.0. The average molecular weight is 755 g/mol. The largest absolute Gasteiger partial charge is 0.309 e. The van der Waals surface area contributed by atoms with Gasteiger partial charge in [0.25, 0.3) is 0 Å². The molecule has 2 heteroatoms. The lowest BCUT2D eigenvalue weighted by Crippen LogP contribution is -2.26. The van der Waals surface area contributed by atoms with Crippen molar-refractivity contribution < 1.29 is 0 Å². The van der Waals surface area contributed by atoms with Gasteiger partial charge < -0.3 is 4.90 Å². The highest BCUT2D eigenvalue weighted by Crippen LogP contribution is 2.63. The van der Waals surface area contributed by atoms with Gasteiger partial charge in [-0.3, -0.25) is 4.98 Å². The summed E-state index contributed by atoms with van der Waals surface area (Å²) >= 11 is 0. The minimum atomic E-state index is -0.432. The number of benzene rings is 8. The van der Waals surface area contributed by atoms with E-state index in [-0.39, 0.29) is 5.41 Å². The lowest BCUT2D eigenvalue weighted by atomic mass is 9.70. The Balaban J connectivity index is 1.06. The third-order valence-electron chi connectivity index (χ3n) is 12.9. The van der Waals surface area contributed by atoms with E-state index in [9.17, 15) is 0 Å². The van der Waals surface area contributed by atoms with Crippen LogP contribution in [-0.4, -0.2) is 4.98 Å². The van der Waals surface area contributed by atoms with Crippen LogP contribution >= 0.6 is 0 Å². The molecule has 9 aromatic rings. The summed E-state index contributed by atoms with van der Waals surface area (Å²) in [6.07, 6.45) is 2.04. The van der Waals surface area contributed by atoms with Gasteiger partial charge in [-0.05, 0) is 109 Å². The summed E-state index contributed by atoms with van der Waals surface area (Å²) < 4.78 is 0. The van der Waals surface area contributed by atoms with E-state index in [2.05, 4.69) is 231 Å². The normalized spacial score (nSPS) is 13.1. The molecule has 2 nitrogen and oxygen atoms in total. The molecule has 1 heterocycles. The maximum Gasteiger partial charge on any atom is 0.0726 e. The highest BCUT2D eigenvalue weighted by atomic mass is 15.1. The van der Waals surface area contributed by atoms with E-state index in [0.717, 1.165) is 28.3 Å². The molecule has 2 aliphatic rings. The van der Waals surface area contributed by atoms with Gasteiger partial charge in [0, 0.05) is 22.4 Å². The zero-order chi connectivity index (χ0) is 39.6. The third-order valence-corrected chi connectivity index (χ3v) is 12.9. The summed E-state index contributed by atoms with van der Waals surface area (Å²) in [5.74, 6) is 0. The second kappa shape index (κ2) is 13.7. The van der Waals surface area contributed by atoms with Crippen LogP contribution in [0.25, 0.3) is 44.6 Å². The number of rotatable bonds is 7. The van der Waals surface area contributed by atoms with Gasteiger partial charge in [-0.15, -0.1) is 0 Å². The van der Waals surface area contributed by atoms with Crippen LogP contribution in [0.1, 0.15) is 47.2 Å². The highest BCUT2D eigenvalue weighted by Gasteiger charge is 2.51. The molecule has 0 aliphatic heterocycles. The van der Waals surface area contributed by atoms with Crippen LogP contribution in [0.4, 0.5) is 17.1 Å². The molecule has 0 atom stereocenters.